The van der Waals surface area contributed by atoms with Crippen LogP contribution in [-0.2, 0) is 17.9 Å². The van der Waals surface area contributed by atoms with Crippen molar-refractivity contribution < 1.29 is 23.5 Å². The molecule has 0 bridgehead atoms. The second kappa shape index (κ2) is 7.00. The Morgan fingerprint density at radius 1 is 1.14 bits per heavy atom. The van der Waals surface area contributed by atoms with Gasteiger partial charge in [-0.2, -0.15) is 0 Å². The summed E-state index contributed by atoms with van der Waals surface area (Å²) >= 11 is 0. The van der Waals surface area contributed by atoms with Crippen molar-refractivity contribution >= 4 is 5.91 Å². The molecule has 0 saturated carbocycles. The number of hydrogen-bond acceptors (Lipinski definition) is 3. The fourth-order valence-electron chi connectivity index (χ4n) is 1.78. The quantitative estimate of drug-likeness (QED) is 0.681. The first-order chi connectivity index (χ1) is 10.5. The van der Waals surface area contributed by atoms with Crippen LogP contribution >= 0.6 is 0 Å². The largest absolute Gasteiger partial charge is 0.486 e. The van der Waals surface area contributed by atoms with Crippen LogP contribution in [-0.4, -0.2) is 16.2 Å². The fourth-order valence-corrected chi connectivity index (χ4v) is 1.78. The summed E-state index contributed by atoms with van der Waals surface area (Å²) in [5.41, 5.74) is 1.52. The minimum Gasteiger partial charge on any atom is -0.486 e. The third-order valence-corrected chi connectivity index (χ3v) is 3.01. The van der Waals surface area contributed by atoms with Gasteiger partial charge in [0.15, 0.2) is 11.6 Å². The molecule has 1 N–H and O–H groups in total. The average molecular weight is 307 g/mol. The van der Waals surface area contributed by atoms with E-state index >= 15 is 0 Å². The molecular weight excluding hydrogens is 292 g/mol. The van der Waals surface area contributed by atoms with Crippen LogP contribution in [0.25, 0.3) is 0 Å². The van der Waals surface area contributed by atoms with E-state index in [2.05, 4.69) is 0 Å². The minimum absolute atomic E-state index is 0.0245. The van der Waals surface area contributed by atoms with Gasteiger partial charge in [0.2, 0.25) is 5.91 Å². The van der Waals surface area contributed by atoms with Gasteiger partial charge in [0.25, 0.3) is 0 Å². The maximum absolute atomic E-state index is 13.4. The Morgan fingerprint density at radius 2 is 1.77 bits per heavy atom. The number of ether oxygens (including phenoxy) is 1. The zero-order valence-corrected chi connectivity index (χ0v) is 11.9. The van der Waals surface area contributed by atoms with E-state index in [-0.39, 0.29) is 18.9 Å². The lowest BCUT2D eigenvalue weighted by atomic mass is 10.1. The molecule has 0 spiro atoms. The SMILES string of the molecule is CC(=O)N(O)Cc1ccc(COc2ccc(F)cc2F)cc1. The minimum atomic E-state index is -0.756. The maximum atomic E-state index is 13.4. The van der Waals surface area contributed by atoms with Crippen LogP contribution in [0.1, 0.15) is 18.1 Å². The molecule has 2 rings (SSSR count). The summed E-state index contributed by atoms with van der Waals surface area (Å²) in [6.45, 7) is 1.47. The third kappa shape index (κ3) is 4.26. The molecule has 0 aliphatic carbocycles. The van der Waals surface area contributed by atoms with Crippen LogP contribution in [0, 0.1) is 11.6 Å². The standard InChI is InChI=1S/C16H15F2NO3/c1-11(20)19(21)9-12-2-4-13(5-3-12)10-22-16-7-6-14(17)8-15(16)18/h2-8,21H,9-10H2,1H3. The van der Waals surface area contributed by atoms with Gasteiger partial charge in [0, 0.05) is 13.0 Å². The zero-order chi connectivity index (χ0) is 16.1. The predicted octanol–water partition coefficient (Wildman–Crippen LogP) is 3.28. The smallest absolute Gasteiger partial charge is 0.243 e. The molecule has 0 fully saturated rings. The van der Waals surface area contributed by atoms with Gasteiger partial charge in [-0.15, -0.1) is 0 Å². The van der Waals surface area contributed by atoms with E-state index in [9.17, 15) is 18.8 Å². The predicted molar refractivity (Wildman–Crippen MR) is 75.1 cm³/mol. The summed E-state index contributed by atoms with van der Waals surface area (Å²) in [5, 5.41) is 9.95. The first kappa shape index (κ1) is 15.9. The Labute approximate surface area is 126 Å². The summed E-state index contributed by atoms with van der Waals surface area (Å²) in [6.07, 6.45) is 0. The molecule has 0 aliphatic rings. The Hall–Kier alpha value is -2.47. The van der Waals surface area contributed by atoms with Crippen molar-refractivity contribution in [1.29, 1.82) is 0 Å². The van der Waals surface area contributed by atoms with E-state index in [4.69, 9.17) is 4.74 Å². The fraction of sp³-hybridized carbons (Fsp3) is 0.188. The van der Waals surface area contributed by atoms with Crippen LogP contribution in [0.3, 0.4) is 0 Å². The summed E-state index contributed by atoms with van der Waals surface area (Å²) in [7, 11) is 0. The van der Waals surface area contributed by atoms with Gasteiger partial charge in [0.05, 0.1) is 6.54 Å². The van der Waals surface area contributed by atoms with Gasteiger partial charge in [-0.05, 0) is 23.3 Å². The number of benzene rings is 2. The van der Waals surface area contributed by atoms with Crippen molar-refractivity contribution in [2.24, 2.45) is 0 Å². The van der Waals surface area contributed by atoms with E-state index in [0.717, 1.165) is 23.3 Å². The van der Waals surface area contributed by atoms with Crippen LogP contribution < -0.4 is 4.74 Å². The molecule has 116 valence electrons. The van der Waals surface area contributed by atoms with Crippen molar-refractivity contribution in [1.82, 2.24) is 5.06 Å². The number of hydroxylamine groups is 2. The molecule has 0 atom stereocenters. The van der Waals surface area contributed by atoms with Crippen molar-refractivity contribution in [3.8, 4) is 5.75 Å². The van der Waals surface area contributed by atoms with E-state index in [1.165, 1.54) is 13.0 Å². The Morgan fingerprint density at radius 3 is 2.36 bits per heavy atom. The molecular formula is C16H15F2NO3. The third-order valence-electron chi connectivity index (χ3n) is 3.01. The Bertz CT molecular complexity index is 659. The van der Waals surface area contributed by atoms with Gasteiger partial charge < -0.3 is 4.74 Å². The van der Waals surface area contributed by atoms with Crippen molar-refractivity contribution in [2.75, 3.05) is 0 Å². The lowest BCUT2D eigenvalue weighted by Gasteiger charge is -2.13. The summed E-state index contributed by atoms with van der Waals surface area (Å²) in [6, 6.07) is 10.1. The number of rotatable bonds is 5. The number of carbonyl (C=O) groups excluding carboxylic acids is 1. The van der Waals surface area contributed by atoms with Crippen molar-refractivity contribution in [3.05, 3.63) is 65.2 Å². The van der Waals surface area contributed by atoms with Gasteiger partial charge in [-0.25, -0.2) is 13.8 Å². The second-order valence-electron chi connectivity index (χ2n) is 4.76. The summed E-state index contributed by atoms with van der Waals surface area (Å²) < 4.78 is 31.5. The van der Waals surface area contributed by atoms with Crippen LogP contribution in [0.5, 0.6) is 5.75 Å². The molecule has 2 aromatic carbocycles. The maximum Gasteiger partial charge on any atom is 0.243 e. The Balaban J connectivity index is 1.95. The number of nitrogens with zero attached hydrogens (tertiary/aromatic N) is 1. The van der Waals surface area contributed by atoms with Gasteiger partial charge in [0.1, 0.15) is 12.4 Å². The van der Waals surface area contributed by atoms with Gasteiger partial charge in [-0.3, -0.25) is 10.0 Å². The lowest BCUT2D eigenvalue weighted by molar-refractivity contribution is -0.165. The molecule has 0 aromatic heterocycles. The van der Waals surface area contributed by atoms with E-state index < -0.39 is 17.5 Å². The molecule has 0 aliphatic heterocycles. The monoisotopic (exact) mass is 307 g/mol. The number of amides is 1. The number of carbonyl (C=O) groups is 1. The number of hydrogen-bond donors (Lipinski definition) is 1. The topological polar surface area (TPSA) is 49.8 Å². The highest BCUT2D eigenvalue weighted by Gasteiger charge is 2.07. The highest BCUT2D eigenvalue weighted by atomic mass is 19.1. The molecule has 22 heavy (non-hydrogen) atoms. The molecule has 0 radical (unpaired) electrons. The summed E-state index contributed by atoms with van der Waals surface area (Å²) in [4.78, 5) is 10.9. The molecule has 0 heterocycles. The first-order valence-electron chi connectivity index (χ1n) is 6.58. The molecule has 2 aromatic rings. The highest BCUT2D eigenvalue weighted by Crippen LogP contribution is 2.19. The van der Waals surface area contributed by atoms with Crippen LogP contribution in [0.4, 0.5) is 8.78 Å². The molecule has 0 saturated heterocycles. The van der Waals surface area contributed by atoms with Crippen molar-refractivity contribution in [2.45, 2.75) is 20.1 Å². The number of halogens is 2. The average Bonchev–Trinajstić information content (AvgIpc) is 2.47. The lowest BCUT2D eigenvalue weighted by Crippen LogP contribution is -2.23. The van der Waals surface area contributed by atoms with E-state index in [0.29, 0.717) is 5.06 Å². The highest BCUT2D eigenvalue weighted by molar-refractivity contribution is 5.71. The van der Waals surface area contributed by atoms with Gasteiger partial charge in [-0.1, -0.05) is 24.3 Å². The van der Waals surface area contributed by atoms with E-state index in [1.807, 2.05) is 0 Å². The zero-order valence-electron chi connectivity index (χ0n) is 11.9. The second-order valence-corrected chi connectivity index (χ2v) is 4.76. The first-order valence-corrected chi connectivity index (χ1v) is 6.58. The molecule has 6 heteroatoms. The van der Waals surface area contributed by atoms with Crippen molar-refractivity contribution in [3.63, 3.8) is 0 Å². The molecule has 4 nitrogen and oxygen atoms in total. The normalized spacial score (nSPS) is 10.4. The van der Waals surface area contributed by atoms with Crippen LogP contribution in [0.15, 0.2) is 42.5 Å². The van der Waals surface area contributed by atoms with Gasteiger partial charge >= 0.3 is 0 Å². The molecule has 1 amide bonds. The molecule has 0 unspecified atom stereocenters. The van der Waals surface area contributed by atoms with E-state index in [1.54, 1.807) is 24.3 Å². The van der Waals surface area contributed by atoms with Crippen LogP contribution in [0.2, 0.25) is 0 Å². The summed E-state index contributed by atoms with van der Waals surface area (Å²) in [5.74, 6) is -1.88. The Kier molecular flexibility index (Phi) is 5.06.